The van der Waals surface area contributed by atoms with Crippen LogP contribution in [0.2, 0.25) is 0 Å². The van der Waals surface area contributed by atoms with Crippen molar-refractivity contribution in [2.24, 2.45) is 5.92 Å². The van der Waals surface area contributed by atoms with Gasteiger partial charge in [0, 0.05) is 11.6 Å². The highest BCUT2D eigenvalue weighted by Gasteiger charge is 2.15. The number of carbonyl (C=O) groups is 1. The second-order valence-electron chi connectivity index (χ2n) is 5.94. The minimum Gasteiger partial charge on any atom is -0.359 e. The number of amides is 1. The van der Waals surface area contributed by atoms with E-state index in [1.165, 1.54) is 6.33 Å². The molecule has 7 heteroatoms. The van der Waals surface area contributed by atoms with Gasteiger partial charge >= 0.3 is 0 Å². The average Bonchev–Trinajstić information content (AvgIpc) is 3.24. The van der Waals surface area contributed by atoms with Gasteiger partial charge in [-0.2, -0.15) is 5.10 Å². The first kappa shape index (κ1) is 15.9. The van der Waals surface area contributed by atoms with Crippen molar-refractivity contribution in [3.8, 4) is 11.4 Å². The molecular weight excluding hydrogens is 306 g/mol. The molecule has 2 aromatic heterocycles. The van der Waals surface area contributed by atoms with E-state index in [4.69, 9.17) is 4.52 Å². The molecule has 0 atom stereocenters. The van der Waals surface area contributed by atoms with E-state index in [9.17, 15) is 4.79 Å². The average molecular weight is 325 g/mol. The van der Waals surface area contributed by atoms with Gasteiger partial charge in [-0.25, -0.2) is 4.98 Å². The zero-order valence-electron chi connectivity index (χ0n) is 13.6. The number of aromatic amines is 1. The van der Waals surface area contributed by atoms with Crippen molar-refractivity contribution in [3.05, 3.63) is 53.7 Å². The number of rotatable bonds is 6. The first-order valence-electron chi connectivity index (χ1n) is 7.81. The van der Waals surface area contributed by atoms with E-state index in [1.54, 1.807) is 6.07 Å². The summed E-state index contributed by atoms with van der Waals surface area (Å²) >= 11 is 0. The number of benzene rings is 1. The topological polar surface area (TPSA) is 96.7 Å². The van der Waals surface area contributed by atoms with E-state index < -0.39 is 0 Å². The molecule has 0 radical (unpaired) electrons. The van der Waals surface area contributed by atoms with Crippen LogP contribution in [0.5, 0.6) is 0 Å². The summed E-state index contributed by atoms with van der Waals surface area (Å²) in [5, 5.41) is 13.5. The van der Waals surface area contributed by atoms with Crippen molar-refractivity contribution in [2.45, 2.75) is 26.8 Å². The van der Waals surface area contributed by atoms with E-state index in [0.29, 0.717) is 28.6 Å². The molecule has 3 rings (SSSR count). The predicted molar refractivity (Wildman–Crippen MR) is 88.0 cm³/mol. The van der Waals surface area contributed by atoms with Crippen molar-refractivity contribution in [1.82, 2.24) is 25.7 Å². The molecule has 0 fully saturated rings. The molecule has 0 bridgehead atoms. The number of carbonyl (C=O) groups excluding carboxylic acids is 1. The van der Waals surface area contributed by atoms with Gasteiger partial charge in [-0.3, -0.25) is 9.89 Å². The maximum atomic E-state index is 12.5. The lowest BCUT2D eigenvalue weighted by molar-refractivity contribution is 0.0947. The van der Waals surface area contributed by atoms with Crippen LogP contribution in [-0.2, 0) is 13.0 Å². The lowest BCUT2D eigenvalue weighted by atomic mass is 10.1. The maximum Gasteiger partial charge on any atom is 0.252 e. The summed E-state index contributed by atoms with van der Waals surface area (Å²) in [6.45, 7) is 4.53. The first-order valence-corrected chi connectivity index (χ1v) is 7.81. The van der Waals surface area contributed by atoms with E-state index >= 15 is 0 Å². The Kier molecular flexibility index (Phi) is 4.69. The van der Waals surface area contributed by atoms with Crippen LogP contribution in [0.1, 0.15) is 35.7 Å². The Balaban J connectivity index is 1.69. The third-order valence-electron chi connectivity index (χ3n) is 3.49. The molecule has 0 saturated carbocycles. The smallest absolute Gasteiger partial charge is 0.252 e. The summed E-state index contributed by atoms with van der Waals surface area (Å²) in [5.41, 5.74) is 2.12. The van der Waals surface area contributed by atoms with Crippen LogP contribution in [0.15, 0.2) is 41.2 Å². The fourth-order valence-electron chi connectivity index (χ4n) is 2.44. The number of aromatic nitrogens is 4. The van der Waals surface area contributed by atoms with Crippen LogP contribution in [0.25, 0.3) is 11.4 Å². The SMILES string of the molecule is CC(C)Cc1cc(CNC(=O)c2ccccc2-c2ncn[nH]2)on1. The normalized spacial score (nSPS) is 11.0. The number of hydrogen-bond acceptors (Lipinski definition) is 5. The standard InChI is InChI=1S/C17H19N5O2/c1-11(2)7-12-8-13(24-22-12)9-18-17(23)15-6-4-3-5-14(15)16-19-10-20-21-16/h3-6,8,10-11H,7,9H2,1-2H3,(H,18,23)(H,19,20,21). The lowest BCUT2D eigenvalue weighted by Crippen LogP contribution is -2.23. The Hall–Kier alpha value is -2.96. The predicted octanol–water partition coefficient (Wildman–Crippen LogP) is 2.59. The van der Waals surface area contributed by atoms with Crippen molar-refractivity contribution in [2.75, 3.05) is 0 Å². The van der Waals surface area contributed by atoms with Crippen molar-refractivity contribution in [1.29, 1.82) is 0 Å². The van der Waals surface area contributed by atoms with Gasteiger partial charge in [0.1, 0.15) is 6.33 Å². The van der Waals surface area contributed by atoms with Gasteiger partial charge in [-0.1, -0.05) is 37.2 Å². The highest BCUT2D eigenvalue weighted by molar-refractivity contribution is 6.00. The minimum absolute atomic E-state index is 0.205. The molecule has 0 spiro atoms. The highest BCUT2D eigenvalue weighted by Crippen LogP contribution is 2.19. The molecule has 0 aliphatic heterocycles. The highest BCUT2D eigenvalue weighted by atomic mass is 16.5. The van der Waals surface area contributed by atoms with Crippen LogP contribution in [0.3, 0.4) is 0 Å². The van der Waals surface area contributed by atoms with Gasteiger partial charge < -0.3 is 9.84 Å². The summed E-state index contributed by atoms with van der Waals surface area (Å²) in [6, 6.07) is 9.11. The summed E-state index contributed by atoms with van der Waals surface area (Å²) in [5.74, 6) is 1.49. The van der Waals surface area contributed by atoms with Crippen LogP contribution < -0.4 is 5.32 Å². The fraction of sp³-hybridized carbons (Fsp3) is 0.294. The Morgan fingerprint density at radius 3 is 2.92 bits per heavy atom. The van der Waals surface area contributed by atoms with Gasteiger partial charge in [0.2, 0.25) is 0 Å². The van der Waals surface area contributed by atoms with Gasteiger partial charge in [0.25, 0.3) is 5.91 Å². The van der Waals surface area contributed by atoms with Gasteiger partial charge in [0.05, 0.1) is 17.8 Å². The molecule has 0 unspecified atom stereocenters. The monoisotopic (exact) mass is 325 g/mol. The minimum atomic E-state index is -0.205. The van der Waals surface area contributed by atoms with E-state index in [0.717, 1.165) is 12.1 Å². The number of H-pyrrole nitrogens is 1. The van der Waals surface area contributed by atoms with Gasteiger partial charge in [-0.05, 0) is 18.4 Å². The zero-order valence-corrected chi connectivity index (χ0v) is 13.6. The Morgan fingerprint density at radius 2 is 2.17 bits per heavy atom. The fourth-order valence-corrected chi connectivity index (χ4v) is 2.44. The molecule has 0 aliphatic rings. The van der Waals surface area contributed by atoms with Gasteiger partial charge in [0.15, 0.2) is 11.6 Å². The summed E-state index contributed by atoms with van der Waals surface area (Å²) in [6.07, 6.45) is 2.26. The molecule has 1 amide bonds. The molecule has 0 saturated heterocycles. The van der Waals surface area contributed by atoms with Crippen LogP contribution >= 0.6 is 0 Å². The molecule has 2 N–H and O–H groups in total. The van der Waals surface area contributed by atoms with Crippen LogP contribution in [0, 0.1) is 5.92 Å². The van der Waals surface area contributed by atoms with E-state index in [2.05, 4.69) is 39.5 Å². The Bertz CT molecular complexity index is 808. The molecule has 7 nitrogen and oxygen atoms in total. The number of nitrogens with one attached hydrogen (secondary N) is 2. The quantitative estimate of drug-likeness (QED) is 0.726. The zero-order chi connectivity index (χ0) is 16.9. The number of hydrogen-bond donors (Lipinski definition) is 2. The number of nitrogens with zero attached hydrogens (tertiary/aromatic N) is 3. The molecule has 24 heavy (non-hydrogen) atoms. The molecular formula is C17H19N5O2. The second-order valence-corrected chi connectivity index (χ2v) is 5.94. The summed E-state index contributed by atoms with van der Waals surface area (Å²) < 4.78 is 5.26. The van der Waals surface area contributed by atoms with Crippen molar-refractivity contribution < 1.29 is 9.32 Å². The molecule has 3 aromatic rings. The summed E-state index contributed by atoms with van der Waals surface area (Å²) in [7, 11) is 0. The van der Waals surface area contributed by atoms with Crippen LogP contribution in [0.4, 0.5) is 0 Å². The lowest BCUT2D eigenvalue weighted by Gasteiger charge is -2.07. The second kappa shape index (κ2) is 7.08. The molecule has 124 valence electrons. The van der Waals surface area contributed by atoms with E-state index in [-0.39, 0.29) is 12.5 Å². The maximum absolute atomic E-state index is 12.5. The molecule has 0 aliphatic carbocycles. The molecule has 1 aromatic carbocycles. The Labute approximate surface area is 139 Å². The van der Waals surface area contributed by atoms with Gasteiger partial charge in [-0.15, -0.1) is 0 Å². The first-order chi connectivity index (χ1) is 11.6. The van der Waals surface area contributed by atoms with Crippen molar-refractivity contribution in [3.63, 3.8) is 0 Å². The Morgan fingerprint density at radius 1 is 1.33 bits per heavy atom. The third-order valence-corrected chi connectivity index (χ3v) is 3.49. The molecule has 2 heterocycles. The summed E-state index contributed by atoms with van der Waals surface area (Å²) in [4.78, 5) is 16.6. The third kappa shape index (κ3) is 3.68. The van der Waals surface area contributed by atoms with E-state index in [1.807, 2.05) is 24.3 Å². The van der Waals surface area contributed by atoms with Crippen molar-refractivity contribution >= 4 is 5.91 Å². The van der Waals surface area contributed by atoms with Crippen LogP contribution in [-0.4, -0.2) is 26.2 Å². The largest absolute Gasteiger partial charge is 0.359 e.